The van der Waals surface area contributed by atoms with Gasteiger partial charge in [0.2, 0.25) is 5.16 Å². The van der Waals surface area contributed by atoms with E-state index in [1.165, 1.54) is 22.3 Å². The molecule has 2 heterocycles. The molecule has 0 fully saturated rings. The van der Waals surface area contributed by atoms with E-state index in [2.05, 4.69) is 118 Å². The summed E-state index contributed by atoms with van der Waals surface area (Å²) < 4.78 is 1.90. The number of aromatic nitrogens is 3. The van der Waals surface area contributed by atoms with Crippen LogP contribution in [0, 0.1) is 13.8 Å². The standard InChI is InChI=1S/C28H28N4S/c1-18-6-10-20(11-7-18)24-25(21-12-8-19(2)9-13-21)33-27-30-29-26(32(27)31-24)22-14-16-23(17-15-22)28(3,4)5/h6-17,25H,1-5H3. The van der Waals surface area contributed by atoms with Gasteiger partial charge in [-0.15, -0.1) is 10.2 Å². The molecule has 0 bridgehead atoms. The first-order valence-corrected chi connectivity index (χ1v) is 12.1. The largest absolute Gasteiger partial charge is 0.213 e. The van der Waals surface area contributed by atoms with E-state index in [9.17, 15) is 0 Å². The molecule has 5 heteroatoms. The maximum Gasteiger partial charge on any atom is 0.213 e. The lowest BCUT2D eigenvalue weighted by atomic mass is 9.87. The fourth-order valence-electron chi connectivity index (χ4n) is 3.95. The number of fused-ring (bicyclic) bond motifs is 1. The monoisotopic (exact) mass is 452 g/mol. The number of aryl methyl sites for hydroxylation is 2. The number of rotatable bonds is 3. The zero-order valence-corrected chi connectivity index (χ0v) is 20.5. The fourth-order valence-corrected chi connectivity index (χ4v) is 5.06. The lowest BCUT2D eigenvalue weighted by Gasteiger charge is -2.24. The Morgan fingerprint density at radius 1 is 0.727 bits per heavy atom. The quantitative estimate of drug-likeness (QED) is 0.337. The van der Waals surface area contributed by atoms with Crippen molar-refractivity contribution in [1.29, 1.82) is 0 Å². The van der Waals surface area contributed by atoms with Crippen molar-refractivity contribution in [2.24, 2.45) is 5.10 Å². The average Bonchev–Trinajstić information content (AvgIpc) is 3.22. The number of benzene rings is 3. The van der Waals surface area contributed by atoms with E-state index in [-0.39, 0.29) is 10.7 Å². The third kappa shape index (κ3) is 4.25. The summed E-state index contributed by atoms with van der Waals surface area (Å²) in [6, 6.07) is 25.9. The summed E-state index contributed by atoms with van der Waals surface area (Å²) in [6.45, 7) is 10.9. The van der Waals surface area contributed by atoms with Crippen molar-refractivity contribution in [2.75, 3.05) is 0 Å². The first kappa shape index (κ1) is 21.7. The van der Waals surface area contributed by atoms with Crippen LogP contribution in [0.5, 0.6) is 0 Å². The molecule has 1 aliphatic rings. The maximum absolute atomic E-state index is 5.12. The molecule has 0 N–H and O–H groups in total. The maximum atomic E-state index is 5.12. The number of thioether (sulfide) groups is 1. The van der Waals surface area contributed by atoms with Gasteiger partial charge in [0.05, 0.1) is 11.0 Å². The second-order valence-electron chi connectivity index (χ2n) is 9.71. The van der Waals surface area contributed by atoms with Gasteiger partial charge in [0, 0.05) is 5.56 Å². The minimum atomic E-state index is 0.0566. The summed E-state index contributed by atoms with van der Waals surface area (Å²) >= 11 is 1.70. The first-order chi connectivity index (χ1) is 15.8. The van der Waals surface area contributed by atoms with E-state index in [0.29, 0.717) is 0 Å². The Morgan fingerprint density at radius 2 is 1.30 bits per heavy atom. The molecular formula is C28H28N4S. The third-order valence-electron chi connectivity index (χ3n) is 6.03. The molecule has 1 aliphatic heterocycles. The van der Waals surface area contributed by atoms with Crippen LogP contribution in [0.1, 0.15) is 53.8 Å². The predicted molar refractivity (Wildman–Crippen MR) is 137 cm³/mol. The van der Waals surface area contributed by atoms with Gasteiger partial charge >= 0.3 is 0 Å². The number of hydrogen-bond donors (Lipinski definition) is 0. The first-order valence-electron chi connectivity index (χ1n) is 11.2. The predicted octanol–water partition coefficient (Wildman–Crippen LogP) is 6.96. The zero-order chi connectivity index (χ0) is 23.2. The van der Waals surface area contributed by atoms with Crippen LogP contribution in [0.15, 0.2) is 83.1 Å². The highest BCUT2D eigenvalue weighted by atomic mass is 32.2. The van der Waals surface area contributed by atoms with Gasteiger partial charge in [-0.3, -0.25) is 0 Å². The molecule has 1 aromatic heterocycles. The molecule has 0 spiro atoms. The number of nitrogens with zero attached hydrogens (tertiary/aromatic N) is 4. The SMILES string of the molecule is Cc1ccc(C2=Nn3c(nnc3-c3ccc(C(C)(C)C)cc3)SC2c2ccc(C)cc2)cc1. The fraction of sp³-hybridized carbons (Fsp3) is 0.250. The summed E-state index contributed by atoms with van der Waals surface area (Å²) in [4.78, 5) is 0. The molecule has 3 aromatic carbocycles. The van der Waals surface area contributed by atoms with E-state index < -0.39 is 0 Å². The molecule has 33 heavy (non-hydrogen) atoms. The molecule has 4 nitrogen and oxygen atoms in total. The summed E-state index contributed by atoms with van der Waals surface area (Å²) in [5, 5.41) is 15.0. The summed E-state index contributed by atoms with van der Waals surface area (Å²) in [5.41, 5.74) is 8.25. The summed E-state index contributed by atoms with van der Waals surface area (Å²) in [5.74, 6) is 0.768. The second kappa shape index (κ2) is 8.31. The molecule has 0 radical (unpaired) electrons. The molecule has 0 aliphatic carbocycles. The van der Waals surface area contributed by atoms with Crippen molar-refractivity contribution in [1.82, 2.24) is 14.9 Å². The molecule has 0 amide bonds. The third-order valence-corrected chi connectivity index (χ3v) is 7.22. The van der Waals surface area contributed by atoms with E-state index in [1.54, 1.807) is 11.8 Å². The van der Waals surface area contributed by atoms with E-state index in [4.69, 9.17) is 5.10 Å². The lowest BCUT2D eigenvalue weighted by molar-refractivity contribution is 0.590. The molecule has 5 rings (SSSR count). The second-order valence-corrected chi connectivity index (χ2v) is 10.8. The summed E-state index contributed by atoms with van der Waals surface area (Å²) in [7, 11) is 0. The molecule has 4 aromatic rings. The molecular weight excluding hydrogens is 424 g/mol. The molecule has 1 unspecified atom stereocenters. The Labute approximate surface area is 199 Å². The molecule has 0 saturated heterocycles. The van der Waals surface area contributed by atoms with Crippen molar-refractivity contribution < 1.29 is 0 Å². The van der Waals surface area contributed by atoms with Gasteiger partial charge in [0.25, 0.3) is 0 Å². The van der Waals surface area contributed by atoms with Gasteiger partial charge < -0.3 is 0 Å². The van der Waals surface area contributed by atoms with Crippen molar-refractivity contribution in [3.05, 3.63) is 101 Å². The minimum absolute atomic E-state index is 0.0566. The smallest absolute Gasteiger partial charge is 0.186 e. The van der Waals surface area contributed by atoms with Crippen LogP contribution in [0.25, 0.3) is 11.4 Å². The Balaban J connectivity index is 1.61. The lowest BCUT2D eigenvalue weighted by Crippen LogP contribution is -2.18. The van der Waals surface area contributed by atoms with Crippen LogP contribution in [-0.4, -0.2) is 20.6 Å². The highest BCUT2D eigenvalue weighted by molar-refractivity contribution is 8.00. The Hall–Kier alpha value is -3.18. The Morgan fingerprint density at radius 3 is 1.91 bits per heavy atom. The van der Waals surface area contributed by atoms with Crippen molar-refractivity contribution in [3.63, 3.8) is 0 Å². The highest BCUT2D eigenvalue weighted by Crippen LogP contribution is 2.42. The topological polar surface area (TPSA) is 43.1 Å². The summed E-state index contributed by atoms with van der Waals surface area (Å²) in [6.07, 6.45) is 0. The molecule has 166 valence electrons. The minimum Gasteiger partial charge on any atom is -0.186 e. The average molecular weight is 453 g/mol. The van der Waals surface area contributed by atoms with E-state index in [1.807, 2.05) is 4.68 Å². The Kier molecular flexibility index (Phi) is 5.45. The van der Waals surface area contributed by atoms with Gasteiger partial charge in [-0.25, -0.2) is 0 Å². The zero-order valence-electron chi connectivity index (χ0n) is 19.7. The van der Waals surface area contributed by atoms with Crippen molar-refractivity contribution in [2.45, 2.75) is 50.4 Å². The van der Waals surface area contributed by atoms with Crippen LogP contribution in [0.2, 0.25) is 0 Å². The highest BCUT2D eigenvalue weighted by Gasteiger charge is 2.30. The van der Waals surface area contributed by atoms with Crippen molar-refractivity contribution in [3.8, 4) is 11.4 Å². The van der Waals surface area contributed by atoms with Crippen LogP contribution >= 0.6 is 11.8 Å². The van der Waals surface area contributed by atoms with E-state index in [0.717, 1.165) is 27.8 Å². The molecule has 1 atom stereocenters. The van der Waals surface area contributed by atoms with Gasteiger partial charge in [-0.05, 0) is 36.0 Å². The van der Waals surface area contributed by atoms with Crippen LogP contribution < -0.4 is 0 Å². The van der Waals surface area contributed by atoms with E-state index >= 15 is 0 Å². The van der Waals surface area contributed by atoms with Crippen LogP contribution in [-0.2, 0) is 5.41 Å². The van der Waals surface area contributed by atoms with Gasteiger partial charge in [0.15, 0.2) is 5.82 Å². The van der Waals surface area contributed by atoms with Crippen molar-refractivity contribution >= 4 is 17.5 Å². The van der Waals surface area contributed by atoms with Crippen LogP contribution in [0.4, 0.5) is 0 Å². The van der Waals surface area contributed by atoms with Gasteiger partial charge in [0.1, 0.15) is 0 Å². The Bertz CT molecular complexity index is 1310. The normalized spacial score (nSPS) is 15.8. The number of hydrogen-bond acceptors (Lipinski definition) is 4. The van der Waals surface area contributed by atoms with Gasteiger partial charge in [-0.1, -0.05) is 116 Å². The van der Waals surface area contributed by atoms with Gasteiger partial charge in [-0.2, -0.15) is 9.78 Å². The van der Waals surface area contributed by atoms with Crippen LogP contribution in [0.3, 0.4) is 0 Å². The molecule has 0 saturated carbocycles.